The molecule has 5 rings (SSSR count). The van der Waals surface area contributed by atoms with Gasteiger partial charge in [0, 0.05) is 29.8 Å². The van der Waals surface area contributed by atoms with Crippen LogP contribution in [0, 0.1) is 6.92 Å². The Balaban J connectivity index is 1.62. The van der Waals surface area contributed by atoms with Crippen LogP contribution >= 0.6 is 12.2 Å². The molecule has 3 heterocycles. The Labute approximate surface area is 199 Å². The smallest absolute Gasteiger partial charge is 0.170 e. The van der Waals surface area contributed by atoms with Crippen LogP contribution in [-0.4, -0.2) is 26.7 Å². The van der Waals surface area contributed by atoms with Gasteiger partial charge in [0.15, 0.2) is 5.11 Å². The lowest BCUT2D eigenvalue weighted by Gasteiger charge is -2.29. The van der Waals surface area contributed by atoms with Crippen molar-refractivity contribution in [2.45, 2.75) is 25.6 Å². The third-order valence-electron chi connectivity index (χ3n) is 6.13. The van der Waals surface area contributed by atoms with E-state index >= 15 is 0 Å². The number of hydrogen-bond donors (Lipinski definition) is 1. The van der Waals surface area contributed by atoms with Crippen molar-refractivity contribution >= 4 is 17.3 Å². The predicted molar refractivity (Wildman–Crippen MR) is 134 cm³/mol. The molecular formula is C27H26N4OS. The molecule has 6 heteroatoms. The van der Waals surface area contributed by atoms with E-state index in [0.29, 0.717) is 6.54 Å². The molecule has 2 atom stereocenters. The molecule has 0 amide bonds. The lowest BCUT2D eigenvalue weighted by Crippen LogP contribution is -2.30. The van der Waals surface area contributed by atoms with Crippen molar-refractivity contribution in [3.05, 3.63) is 114 Å². The largest absolute Gasteiger partial charge is 0.497 e. The molecule has 1 aliphatic heterocycles. The summed E-state index contributed by atoms with van der Waals surface area (Å²) in [6.45, 7) is 2.85. The maximum absolute atomic E-state index is 5.85. The Morgan fingerprint density at radius 3 is 2.39 bits per heavy atom. The van der Waals surface area contributed by atoms with E-state index in [2.05, 4.69) is 81.3 Å². The Hall–Kier alpha value is -3.64. The minimum absolute atomic E-state index is 0.0246. The zero-order valence-corrected chi connectivity index (χ0v) is 19.5. The van der Waals surface area contributed by atoms with Gasteiger partial charge >= 0.3 is 0 Å². The monoisotopic (exact) mass is 454 g/mol. The molecule has 0 radical (unpaired) electrons. The van der Waals surface area contributed by atoms with Gasteiger partial charge in [0.1, 0.15) is 5.75 Å². The molecule has 2 unspecified atom stereocenters. The predicted octanol–water partition coefficient (Wildman–Crippen LogP) is 5.36. The molecular weight excluding hydrogens is 428 g/mol. The van der Waals surface area contributed by atoms with Crippen molar-refractivity contribution in [2.75, 3.05) is 7.11 Å². The number of aryl methyl sites for hydroxylation is 1. The van der Waals surface area contributed by atoms with Crippen LogP contribution in [0.5, 0.6) is 5.75 Å². The van der Waals surface area contributed by atoms with Crippen molar-refractivity contribution < 1.29 is 4.74 Å². The quantitative estimate of drug-likeness (QED) is 0.397. The van der Waals surface area contributed by atoms with Crippen molar-refractivity contribution in [3.8, 4) is 11.4 Å². The number of methoxy groups -OCH3 is 1. The van der Waals surface area contributed by atoms with Crippen molar-refractivity contribution in [1.82, 2.24) is 19.8 Å². The van der Waals surface area contributed by atoms with E-state index in [1.165, 1.54) is 5.56 Å². The van der Waals surface area contributed by atoms with Crippen molar-refractivity contribution in [2.24, 2.45) is 0 Å². The molecule has 2 aromatic carbocycles. The highest BCUT2D eigenvalue weighted by Crippen LogP contribution is 2.41. The normalized spacial score (nSPS) is 17.8. The van der Waals surface area contributed by atoms with E-state index in [9.17, 15) is 0 Å². The van der Waals surface area contributed by atoms with Crippen LogP contribution in [0.25, 0.3) is 5.69 Å². The molecule has 0 aliphatic carbocycles. The van der Waals surface area contributed by atoms with Crippen LogP contribution in [0.1, 0.15) is 34.7 Å². The van der Waals surface area contributed by atoms with E-state index < -0.39 is 0 Å². The molecule has 0 saturated carbocycles. The van der Waals surface area contributed by atoms with Gasteiger partial charge in [0.25, 0.3) is 0 Å². The third kappa shape index (κ3) is 4.10. The zero-order chi connectivity index (χ0) is 22.8. The summed E-state index contributed by atoms with van der Waals surface area (Å²) in [5.41, 5.74) is 5.60. The van der Waals surface area contributed by atoms with Gasteiger partial charge in [0.2, 0.25) is 0 Å². The van der Waals surface area contributed by atoms with Crippen molar-refractivity contribution in [3.63, 3.8) is 0 Å². The van der Waals surface area contributed by atoms with E-state index in [-0.39, 0.29) is 12.1 Å². The fraction of sp³-hybridized carbons (Fsp3) is 0.185. The summed E-state index contributed by atoms with van der Waals surface area (Å²) in [7, 11) is 1.69. The number of thiocarbonyl (C=S) groups is 1. The van der Waals surface area contributed by atoms with Gasteiger partial charge in [-0.3, -0.25) is 4.98 Å². The Bertz CT molecular complexity index is 1240. The number of benzene rings is 2. The molecule has 1 N–H and O–H groups in total. The average molecular weight is 455 g/mol. The Morgan fingerprint density at radius 2 is 1.70 bits per heavy atom. The van der Waals surface area contributed by atoms with Gasteiger partial charge < -0.3 is 19.5 Å². The molecule has 166 valence electrons. The molecule has 0 bridgehead atoms. The third-order valence-corrected chi connectivity index (χ3v) is 6.49. The number of aromatic nitrogens is 2. The van der Waals surface area contributed by atoms with Gasteiger partial charge in [-0.15, -0.1) is 0 Å². The summed E-state index contributed by atoms with van der Waals surface area (Å²) >= 11 is 5.85. The lowest BCUT2D eigenvalue weighted by atomic mass is 10.0. The van der Waals surface area contributed by atoms with Crippen LogP contribution in [0.2, 0.25) is 0 Å². The van der Waals surface area contributed by atoms with E-state index in [4.69, 9.17) is 17.0 Å². The first-order valence-electron chi connectivity index (χ1n) is 11.0. The summed E-state index contributed by atoms with van der Waals surface area (Å²) in [5.74, 6) is 0.839. The van der Waals surface area contributed by atoms with Crippen LogP contribution < -0.4 is 10.1 Å². The van der Waals surface area contributed by atoms with E-state index in [1.807, 2.05) is 36.5 Å². The number of pyridine rings is 1. The maximum atomic E-state index is 5.85. The number of hydrogen-bond acceptors (Lipinski definition) is 3. The average Bonchev–Trinajstić information content (AvgIpc) is 3.39. The number of nitrogens with one attached hydrogen (secondary N) is 1. The highest BCUT2D eigenvalue weighted by atomic mass is 32.1. The molecule has 1 aliphatic rings. The Morgan fingerprint density at radius 1 is 0.939 bits per heavy atom. The van der Waals surface area contributed by atoms with Crippen molar-refractivity contribution in [1.29, 1.82) is 0 Å². The van der Waals surface area contributed by atoms with Gasteiger partial charge in [-0.1, -0.05) is 36.4 Å². The highest BCUT2D eigenvalue weighted by Gasteiger charge is 2.41. The number of rotatable bonds is 6. The molecule has 33 heavy (non-hydrogen) atoms. The fourth-order valence-corrected chi connectivity index (χ4v) is 4.86. The molecule has 5 nitrogen and oxygen atoms in total. The first-order valence-corrected chi connectivity index (χ1v) is 11.4. The SMILES string of the molecule is COc1ccc(-n2c(C)ccc2C2C(c3ccccn3)NC(=S)N2Cc2ccccc2)cc1. The maximum Gasteiger partial charge on any atom is 0.170 e. The second-order valence-electron chi connectivity index (χ2n) is 8.17. The van der Waals surface area contributed by atoms with E-state index in [1.54, 1.807) is 7.11 Å². The second-order valence-corrected chi connectivity index (χ2v) is 8.56. The van der Waals surface area contributed by atoms with Crippen LogP contribution in [0.4, 0.5) is 0 Å². The van der Waals surface area contributed by atoms with Gasteiger partial charge in [-0.2, -0.15) is 0 Å². The van der Waals surface area contributed by atoms with Crippen LogP contribution in [0.3, 0.4) is 0 Å². The van der Waals surface area contributed by atoms with Crippen LogP contribution in [0.15, 0.2) is 91.1 Å². The summed E-state index contributed by atoms with van der Waals surface area (Å²) in [6.07, 6.45) is 1.84. The fourth-order valence-electron chi connectivity index (χ4n) is 4.55. The summed E-state index contributed by atoms with van der Waals surface area (Å²) < 4.78 is 7.67. The molecule has 4 aromatic rings. The van der Waals surface area contributed by atoms with Crippen LogP contribution in [-0.2, 0) is 6.54 Å². The summed E-state index contributed by atoms with van der Waals surface area (Å²) in [6, 6.07) is 28.9. The number of ether oxygens (including phenoxy) is 1. The second kappa shape index (κ2) is 9.08. The molecule has 0 spiro atoms. The summed E-state index contributed by atoms with van der Waals surface area (Å²) in [5, 5.41) is 4.29. The van der Waals surface area contributed by atoms with Gasteiger partial charge in [-0.05, 0) is 73.2 Å². The number of nitrogens with zero attached hydrogens (tertiary/aromatic N) is 3. The lowest BCUT2D eigenvalue weighted by molar-refractivity contribution is 0.302. The minimum Gasteiger partial charge on any atom is -0.497 e. The first-order chi connectivity index (χ1) is 16.2. The van der Waals surface area contributed by atoms with Gasteiger partial charge in [0.05, 0.1) is 24.9 Å². The highest BCUT2D eigenvalue weighted by molar-refractivity contribution is 7.80. The van der Waals surface area contributed by atoms with E-state index in [0.717, 1.165) is 33.6 Å². The van der Waals surface area contributed by atoms with Gasteiger partial charge in [-0.25, -0.2) is 0 Å². The first kappa shape index (κ1) is 21.2. The summed E-state index contributed by atoms with van der Waals surface area (Å²) in [4.78, 5) is 6.95. The Kier molecular flexibility index (Phi) is 5.84. The zero-order valence-electron chi connectivity index (χ0n) is 18.7. The molecule has 2 aromatic heterocycles. The standard InChI is InChI=1S/C27H26N4OS/c1-19-11-16-24(31(19)21-12-14-22(32-2)15-13-21)26-25(23-10-6-7-17-28-23)29-27(33)30(26)18-20-8-4-3-5-9-20/h3-17,25-26H,18H2,1-2H3,(H,29,33). The molecule has 1 saturated heterocycles. The topological polar surface area (TPSA) is 42.3 Å². The minimum atomic E-state index is -0.0614. The molecule has 1 fully saturated rings.